The average molecular weight is 378 g/mol. The van der Waals surface area contributed by atoms with Crippen molar-refractivity contribution in [1.82, 2.24) is 15.4 Å². The Morgan fingerprint density at radius 3 is 2.46 bits per heavy atom. The first kappa shape index (κ1) is 19.2. The molecule has 7 nitrogen and oxygen atoms in total. The maximum atomic E-state index is 12.2. The Hall–Kier alpha value is -3.53. The number of hydrogen-bond acceptors (Lipinski definition) is 4. The van der Waals surface area contributed by atoms with E-state index >= 15 is 0 Å². The molecule has 2 N–H and O–H groups in total. The van der Waals surface area contributed by atoms with Crippen molar-refractivity contribution in [3.05, 3.63) is 52.9 Å². The number of nitrogens with one attached hydrogen (secondary N) is 2. The van der Waals surface area contributed by atoms with Crippen molar-refractivity contribution in [3.63, 3.8) is 0 Å². The normalized spacial score (nSPS) is 13.6. The van der Waals surface area contributed by atoms with E-state index in [0.717, 1.165) is 41.2 Å². The van der Waals surface area contributed by atoms with Gasteiger partial charge in [0.2, 0.25) is 5.91 Å². The second-order valence-electron chi connectivity index (χ2n) is 6.75. The Balaban J connectivity index is 1.82. The fourth-order valence-corrected chi connectivity index (χ4v) is 3.00. The molecule has 144 valence electrons. The number of aryl methyl sites for hydroxylation is 1. The van der Waals surface area contributed by atoms with Gasteiger partial charge in [0, 0.05) is 23.0 Å². The van der Waals surface area contributed by atoms with Gasteiger partial charge in [-0.3, -0.25) is 20.4 Å². The van der Waals surface area contributed by atoms with Gasteiger partial charge in [-0.1, -0.05) is 0 Å². The number of carbonyl (C=O) groups excluding carboxylic acids is 2. The maximum absolute atomic E-state index is 12.2. The van der Waals surface area contributed by atoms with Gasteiger partial charge in [0.15, 0.2) is 0 Å². The number of amides is 2. The lowest BCUT2D eigenvalue weighted by Crippen LogP contribution is -2.42. The minimum atomic E-state index is -0.634. The highest BCUT2D eigenvalue weighted by Crippen LogP contribution is 2.28. The zero-order valence-corrected chi connectivity index (χ0v) is 16.1. The molecule has 0 spiro atoms. The fraction of sp³-hybridized carbons (Fsp3) is 0.286. The smallest absolute Gasteiger partial charge is 0.280 e. The third-order valence-electron chi connectivity index (χ3n) is 4.71. The number of hydrazine groups is 1. The van der Waals surface area contributed by atoms with Crippen LogP contribution < -0.4 is 15.6 Å². The zero-order chi connectivity index (χ0) is 20.3. The first-order chi connectivity index (χ1) is 13.4. The van der Waals surface area contributed by atoms with Crippen molar-refractivity contribution < 1.29 is 14.3 Å². The number of ether oxygens (including phenoxy) is 1. The molecular weight excluding hydrogens is 356 g/mol. The van der Waals surface area contributed by atoms with Crippen LogP contribution in [0.4, 0.5) is 0 Å². The van der Waals surface area contributed by atoms with Crippen molar-refractivity contribution in [3.8, 4) is 17.5 Å². The Morgan fingerprint density at radius 1 is 1.21 bits per heavy atom. The second-order valence-corrected chi connectivity index (χ2v) is 6.75. The molecule has 2 aromatic rings. The van der Waals surface area contributed by atoms with E-state index in [2.05, 4.69) is 10.9 Å². The minimum absolute atomic E-state index is 0.0294. The molecule has 2 amide bonds. The molecule has 0 aliphatic heterocycles. The predicted molar refractivity (Wildman–Crippen MR) is 104 cm³/mol. The highest BCUT2D eigenvalue weighted by molar-refractivity contribution is 6.02. The number of aromatic nitrogens is 1. The molecule has 28 heavy (non-hydrogen) atoms. The number of nitrogens with zero attached hydrogens (tertiary/aromatic N) is 2. The molecular formula is C21H22N4O3. The van der Waals surface area contributed by atoms with E-state index in [4.69, 9.17) is 4.74 Å². The van der Waals surface area contributed by atoms with Crippen LogP contribution in [-0.2, 0) is 9.59 Å². The summed E-state index contributed by atoms with van der Waals surface area (Å²) in [5.74, 6) is -0.115. The number of carbonyl (C=O) groups is 2. The molecule has 0 atom stereocenters. The molecule has 0 saturated heterocycles. The van der Waals surface area contributed by atoms with Crippen LogP contribution in [-0.4, -0.2) is 23.5 Å². The second kappa shape index (κ2) is 8.01. The van der Waals surface area contributed by atoms with E-state index in [1.54, 1.807) is 7.11 Å². The summed E-state index contributed by atoms with van der Waals surface area (Å²) in [6.45, 7) is 3.88. The molecule has 1 aromatic heterocycles. The van der Waals surface area contributed by atoms with Gasteiger partial charge in [-0.15, -0.1) is 0 Å². The Bertz CT molecular complexity index is 976. The van der Waals surface area contributed by atoms with Crippen LogP contribution >= 0.6 is 0 Å². The summed E-state index contributed by atoms with van der Waals surface area (Å²) < 4.78 is 7.23. The molecule has 7 heteroatoms. The molecule has 0 radical (unpaired) electrons. The summed E-state index contributed by atoms with van der Waals surface area (Å²) in [4.78, 5) is 23.9. The van der Waals surface area contributed by atoms with Gasteiger partial charge < -0.3 is 9.30 Å². The molecule has 1 aliphatic carbocycles. The molecule has 1 heterocycles. The Morgan fingerprint density at radius 2 is 1.89 bits per heavy atom. The van der Waals surface area contributed by atoms with Gasteiger partial charge >= 0.3 is 0 Å². The first-order valence-corrected chi connectivity index (χ1v) is 9.00. The highest BCUT2D eigenvalue weighted by Gasteiger charge is 2.30. The Labute approximate surface area is 163 Å². The summed E-state index contributed by atoms with van der Waals surface area (Å²) in [6, 6.07) is 11.4. The van der Waals surface area contributed by atoms with Crippen molar-refractivity contribution in [2.24, 2.45) is 5.92 Å². The summed E-state index contributed by atoms with van der Waals surface area (Å²) in [6.07, 6.45) is 3.20. The van der Waals surface area contributed by atoms with Crippen LogP contribution in [0.2, 0.25) is 0 Å². The first-order valence-electron chi connectivity index (χ1n) is 9.00. The third kappa shape index (κ3) is 4.07. The molecule has 1 fully saturated rings. The van der Waals surface area contributed by atoms with Gasteiger partial charge in [-0.2, -0.15) is 5.26 Å². The number of rotatable bonds is 5. The minimum Gasteiger partial charge on any atom is -0.497 e. The maximum Gasteiger partial charge on any atom is 0.280 e. The molecule has 0 unspecified atom stereocenters. The lowest BCUT2D eigenvalue weighted by Gasteiger charge is -2.10. The monoisotopic (exact) mass is 378 g/mol. The largest absolute Gasteiger partial charge is 0.497 e. The van der Waals surface area contributed by atoms with Crippen molar-refractivity contribution in [2.75, 3.05) is 7.11 Å². The lowest BCUT2D eigenvalue weighted by molar-refractivity contribution is -0.127. The SMILES string of the molecule is COc1ccc(-n2c(C)cc(C=C(C#N)C(=O)NNC(=O)C3CC3)c2C)cc1. The van der Waals surface area contributed by atoms with E-state index in [0.29, 0.717) is 0 Å². The van der Waals surface area contributed by atoms with E-state index < -0.39 is 5.91 Å². The van der Waals surface area contributed by atoms with Crippen LogP contribution in [0.1, 0.15) is 29.8 Å². The van der Waals surface area contributed by atoms with Gasteiger partial charge in [0.05, 0.1) is 7.11 Å². The van der Waals surface area contributed by atoms with Gasteiger partial charge in [0.25, 0.3) is 5.91 Å². The van der Waals surface area contributed by atoms with E-state index in [1.165, 1.54) is 6.08 Å². The summed E-state index contributed by atoms with van der Waals surface area (Å²) >= 11 is 0. The van der Waals surface area contributed by atoms with Crippen LogP contribution in [0.5, 0.6) is 5.75 Å². The molecule has 3 rings (SSSR count). The Kier molecular flexibility index (Phi) is 5.50. The summed E-state index contributed by atoms with van der Waals surface area (Å²) in [7, 11) is 1.62. The standard InChI is InChI=1S/C21H22N4O3/c1-13-10-16(14(2)25(13)18-6-8-19(28-3)9-7-18)11-17(12-22)21(27)24-23-20(26)15-4-5-15/h6-11,15H,4-5H2,1-3H3,(H,23,26)(H,24,27). The van der Waals surface area contributed by atoms with Crippen molar-refractivity contribution in [1.29, 1.82) is 5.26 Å². The van der Waals surface area contributed by atoms with Crippen LogP contribution in [0.15, 0.2) is 35.9 Å². The van der Waals surface area contributed by atoms with Crippen LogP contribution in [0, 0.1) is 31.1 Å². The van der Waals surface area contributed by atoms with Gasteiger partial charge in [0.1, 0.15) is 17.4 Å². The molecule has 1 aliphatic rings. The molecule has 0 bridgehead atoms. The topological polar surface area (TPSA) is 96.2 Å². The lowest BCUT2D eigenvalue weighted by atomic mass is 10.1. The number of hydrogen-bond donors (Lipinski definition) is 2. The van der Waals surface area contributed by atoms with Crippen LogP contribution in [0.3, 0.4) is 0 Å². The fourth-order valence-electron chi connectivity index (χ4n) is 3.00. The van der Waals surface area contributed by atoms with Crippen molar-refractivity contribution >= 4 is 17.9 Å². The van der Waals surface area contributed by atoms with Gasteiger partial charge in [-0.25, -0.2) is 0 Å². The van der Waals surface area contributed by atoms with Gasteiger partial charge in [-0.05, 0) is 68.7 Å². The van der Waals surface area contributed by atoms with E-state index in [1.807, 2.05) is 54.8 Å². The quantitative estimate of drug-likeness (QED) is 0.475. The molecule has 1 aromatic carbocycles. The third-order valence-corrected chi connectivity index (χ3v) is 4.71. The summed E-state index contributed by atoms with van der Waals surface area (Å²) in [5.41, 5.74) is 8.17. The highest BCUT2D eigenvalue weighted by atomic mass is 16.5. The predicted octanol–water partition coefficient (Wildman–Crippen LogP) is 2.57. The summed E-state index contributed by atoms with van der Waals surface area (Å²) in [5, 5.41) is 9.37. The van der Waals surface area contributed by atoms with Crippen LogP contribution in [0.25, 0.3) is 11.8 Å². The average Bonchev–Trinajstić information content (AvgIpc) is 3.51. The van der Waals surface area contributed by atoms with E-state index in [-0.39, 0.29) is 17.4 Å². The number of methoxy groups -OCH3 is 1. The number of nitriles is 1. The van der Waals surface area contributed by atoms with E-state index in [9.17, 15) is 14.9 Å². The van der Waals surface area contributed by atoms with Crippen molar-refractivity contribution in [2.45, 2.75) is 26.7 Å². The number of benzene rings is 1. The zero-order valence-electron chi connectivity index (χ0n) is 16.1. The molecule has 1 saturated carbocycles.